The number of hydrogen-bond donors (Lipinski definition) is 2. The van der Waals surface area contributed by atoms with Crippen LogP contribution in [0.4, 0.5) is 0 Å². The van der Waals surface area contributed by atoms with E-state index in [9.17, 15) is 15.0 Å². The highest BCUT2D eigenvalue weighted by molar-refractivity contribution is 5.66. The molecule has 8 heteroatoms. The number of rotatable bonds is 6. The van der Waals surface area contributed by atoms with Crippen molar-refractivity contribution in [2.24, 2.45) is 56.2 Å². The summed E-state index contributed by atoms with van der Waals surface area (Å²) in [5, 5.41) is 23.6. The molecule has 0 aromatic carbocycles. The maximum absolute atomic E-state index is 12.6. The van der Waals surface area contributed by atoms with Gasteiger partial charge in [0.15, 0.2) is 12.4 Å². The second-order valence-electron chi connectivity index (χ2n) is 21.0. The lowest BCUT2D eigenvalue weighted by atomic mass is 9.41. The maximum atomic E-state index is 12.6. The molecule has 0 aromatic rings. The van der Waals surface area contributed by atoms with Gasteiger partial charge in [-0.1, -0.05) is 55.4 Å². The number of aliphatic hydroxyl groups is 2. The third-order valence-corrected chi connectivity index (χ3v) is 16.2. The number of aliphatic hydroxyl groups excluding tert-OH is 1. The minimum atomic E-state index is -1.25. The van der Waals surface area contributed by atoms with Crippen LogP contribution >= 0.6 is 0 Å². The fraction of sp³-hybridized carbons (Fsp3) is 0.976. The molecule has 7 aliphatic rings. The second kappa shape index (κ2) is 11.6. The molecule has 0 bridgehead atoms. The SMILES string of the molecule is CC(=O)O[C@@H]([C@H]1C[C@@H](C)C2[C@H](O1)[C@H](O)[C@@]1(C)[C@@H]3CC[C@H]4C(C)(C)[C@@H](OC5CN(CC(C)(C)C)CCO5)CC[C@@]45C[C@@]35CC[C@]21C)C(C)(C)O. The van der Waals surface area contributed by atoms with Crippen molar-refractivity contribution < 1.29 is 34.0 Å². The molecule has 0 amide bonds. The Morgan fingerprint density at radius 1 is 1.00 bits per heavy atom. The molecule has 49 heavy (non-hydrogen) atoms. The van der Waals surface area contributed by atoms with Crippen LogP contribution in [0.2, 0.25) is 0 Å². The van der Waals surface area contributed by atoms with Crippen LogP contribution in [0.1, 0.15) is 128 Å². The number of fused-ring (bicyclic) bond motifs is 4. The molecule has 2 aliphatic heterocycles. The molecule has 0 radical (unpaired) electrons. The van der Waals surface area contributed by atoms with Crippen LogP contribution in [0.3, 0.4) is 0 Å². The van der Waals surface area contributed by atoms with Crippen molar-refractivity contribution >= 4 is 5.97 Å². The van der Waals surface area contributed by atoms with Gasteiger partial charge in [-0.25, -0.2) is 0 Å². The van der Waals surface area contributed by atoms with E-state index >= 15 is 0 Å². The number of nitrogens with zero attached hydrogens (tertiary/aromatic N) is 1. The summed E-state index contributed by atoms with van der Waals surface area (Å²) in [7, 11) is 0. The topological polar surface area (TPSA) is 97.7 Å². The number of hydrogen-bond acceptors (Lipinski definition) is 8. The zero-order chi connectivity index (χ0) is 35.7. The van der Waals surface area contributed by atoms with Crippen molar-refractivity contribution in [2.45, 2.75) is 170 Å². The fourth-order valence-corrected chi connectivity index (χ4v) is 14.4. The second-order valence-corrected chi connectivity index (χ2v) is 21.0. The molecule has 5 saturated carbocycles. The zero-order valence-corrected chi connectivity index (χ0v) is 32.6. The molecule has 2 spiro atoms. The molecule has 8 nitrogen and oxygen atoms in total. The van der Waals surface area contributed by atoms with Crippen LogP contribution < -0.4 is 0 Å². The quantitative estimate of drug-likeness (QED) is 0.302. The molecular formula is C41H69NO7. The predicted molar refractivity (Wildman–Crippen MR) is 188 cm³/mol. The summed E-state index contributed by atoms with van der Waals surface area (Å²) in [5.41, 5.74) is -0.676. The van der Waals surface area contributed by atoms with E-state index < -0.39 is 29.9 Å². The lowest BCUT2D eigenvalue weighted by Crippen LogP contribution is -2.60. The zero-order valence-electron chi connectivity index (χ0n) is 32.6. The first kappa shape index (κ1) is 36.6. The number of morpholine rings is 1. The molecule has 0 aromatic heterocycles. The van der Waals surface area contributed by atoms with Crippen molar-refractivity contribution in [1.29, 1.82) is 0 Å². The van der Waals surface area contributed by atoms with Gasteiger partial charge >= 0.3 is 5.97 Å². The Bertz CT molecular complexity index is 1290. The highest BCUT2D eigenvalue weighted by Gasteiger charge is 2.84. The Morgan fingerprint density at radius 3 is 2.33 bits per heavy atom. The van der Waals surface area contributed by atoms with Crippen molar-refractivity contribution in [1.82, 2.24) is 4.90 Å². The van der Waals surface area contributed by atoms with Gasteiger partial charge in [0.1, 0.15) is 0 Å². The van der Waals surface area contributed by atoms with Crippen LogP contribution in [-0.4, -0.2) is 89.7 Å². The smallest absolute Gasteiger partial charge is 0.303 e. The Kier molecular flexibility index (Phi) is 8.67. The van der Waals surface area contributed by atoms with E-state index in [4.69, 9.17) is 18.9 Å². The summed E-state index contributed by atoms with van der Waals surface area (Å²) in [6, 6.07) is 0. The van der Waals surface area contributed by atoms with Gasteiger partial charge < -0.3 is 29.2 Å². The summed E-state index contributed by atoms with van der Waals surface area (Å²) < 4.78 is 25.8. The Hall–Kier alpha value is -0.770. The average Bonchev–Trinajstić information content (AvgIpc) is 3.61. The number of ether oxygens (including phenoxy) is 4. The van der Waals surface area contributed by atoms with Crippen molar-refractivity contribution in [3.63, 3.8) is 0 Å². The average molecular weight is 688 g/mol. The molecule has 7 fully saturated rings. The third-order valence-electron chi connectivity index (χ3n) is 16.2. The van der Waals surface area contributed by atoms with Gasteiger partial charge in [-0.05, 0) is 116 Å². The van der Waals surface area contributed by atoms with E-state index in [1.165, 1.54) is 32.6 Å². The molecule has 14 atom stereocenters. The van der Waals surface area contributed by atoms with Crippen molar-refractivity contribution in [2.75, 3.05) is 26.2 Å². The normalized spacial score (nSPS) is 49.9. The Balaban J connectivity index is 1.11. The molecule has 280 valence electrons. The minimum Gasteiger partial charge on any atom is -0.457 e. The number of carbonyl (C=O) groups excluding carboxylic acids is 1. The monoisotopic (exact) mass is 688 g/mol. The van der Waals surface area contributed by atoms with E-state index in [1.807, 2.05) is 0 Å². The molecule has 5 aliphatic carbocycles. The maximum Gasteiger partial charge on any atom is 0.303 e. The lowest BCUT2D eigenvalue weighted by Gasteiger charge is -2.64. The first-order valence-corrected chi connectivity index (χ1v) is 19.8. The van der Waals surface area contributed by atoms with Gasteiger partial charge in [0.2, 0.25) is 0 Å². The Labute approximate surface area is 296 Å². The summed E-state index contributed by atoms with van der Waals surface area (Å²) in [6.45, 7) is 27.5. The number of carbonyl (C=O) groups is 1. The third kappa shape index (κ3) is 5.36. The van der Waals surface area contributed by atoms with Gasteiger partial charge in [0, 0.05) is 32.0 Å². The summed E-state index contributed by atoms with van der Waals surface area (Å²) in [5.74, 6) is 1.14. The first-order chi connectivity index (χ1) is 22.6. The van der Waals surface area contributed by atoms with E-state index in [1.54, 1.807) is 13.8 Å². The first-order valence-electron chi connectivity index (χ1n) is 19.8. The van der Waals surface area contributed by atoms with Gasteiger partial charge in [0.25, 0.3) is 0 Å². The van der Waals surface area contributed by atoms with Crippen LogP contribution in [-0.2, 0) is 23.7 Å². The van der Waals surface area contributed by atoms with Gasteiger partial charge in [-0.2, -0.15) is 0 Å². The minimum absolute atomic E-state index is 0.0489. The fourth-order valence-electron chi connectivity index (χ4n) is 14.4. The lowest BCUT2D eigenvalue weighted by molar-refractivity contribution is -0.249. The Morgan fingerprint density at radius 2 is 1.67 bits per heavy atom. The molecule has 2 saturated heterocycles. The van der Waals surface area contributed by atoms with Crippen molar-refractivity contribution in [3.8, 4) is 0 Å². The van der Waals surface area contributed by atoms with Crippen LogP contribution in [0.25, 0.3) is 0 Å². The summed E-state index contributed by atoms with van der Waals surface area (Å²) in [6.07, 6.45) is 6.81. The molecular weight excluding hydrogens is 618 g/mol. The van der Waals surface area contributed by atoms with E-state index in [2.05, 4.69) is 60.3 Å². The summed E-state index contributed by atoms with van der Waals surface area (Å²) in [4.78, 5) is 14.6. The summed E-state index contributed by atoms with van der Waals surface area (Å²) >= 11 is 0. The predicted octanol–water partition coefficient (Wildman–Crippen LogP) is 6.59. The largest absolute Gasteiger partial charge is 0.457 e. The highest BCUT2D eigenvalue weighted by atomic mass is 16.7. The van der Waals surface area contributed by atoms with Gasteiger partial charge in [-0.3, -0.25) is 9.69 Å². The van der Waals surface area contributed by atoms with Crippen molar-refractivity contribution in [3.05, 3.63) is 0 Å². The molecule has 7 rings (SSSR count). The highest BCUT2D eigenvalue weighted by Crippen LogP contribution is 2.89. The molecule has 2 heterocycles. The van der Waals surface area contributed by atoms with Crippen LogP contribution in [0.5, 0.6) is 0 Å². The van der Waals surface area contributed by atoms with E-state index in [0.29, 0.717) is 23.7 Å². The van der Waals surface area contributed by atoms with E-state index in [-0.39, 0.29) is 57.4 Å². The molecule has 2 unspecified atom stereocenters. The van der Waals surface area contributed by atoms with Gasteiger partial charge in [0.05, 0.1) is 36.6 Å². The number of esters is 1. The van der Waals surface area contributed by atoms with E-state index in [0.717, 1.165) is 45.5 Å². The van der Waals surface area contributed by atoms with Crippen LogP contribution in [0.15, 0.2) is 0 Å². The molecule has 2 N–H and O–H groups in total. The van der Waals surface area contributed by atoms with Crippen LogP contribution in [0, 0.1) is 56.2 Å². The standard InChI is InChI=1S/C41H69NO7/c1-24-20-26(34(37(8,9)45)47-25(2)43)48-32-31(24)38(10)16-17-41-22-40(41)15-14-29(49-30-21-42(18-19-46-30)23-35(3,4)5)36(6,7)27(40)12-13-28(41)39(38,11)33(32)44/h24,26-34,44-45H,12-23H2,1-11H3/t24-,26-,27+,28+,29+,30?,31?,32+,33+,34+,38-,39-,40-,41+/m1/s1. The van der Waals surface area contributed by atoms with Gasteiger partial charge in [-0.15, -0.1) is 0 Å².